The molecule has 12 nitrogen and oxygen atoms in total. The maximum absolute atomic E-state index is 14.4. The normalized spacial score (nSPS) is 21.0. The molecule has 3 aromatic carbocycles. The first kappa shape index (κ1) is 43.1. The number of pyridine rings is 1. The number of fused-ring (bicyclic) bond motifs is 2. The number of unbranched alkanes of at least 4 members (excludes halogenated alkanes) is 2. The topological polar surface area (TPSA) is 162 Å². The van der Waals surface area contributed by atoms with Crippen LogP contribution in [0.3, 0.4) is 0 Å². The van der Waals surface area contributed by atoms with Crippen molar-refractivity contribution < 1.29 is 37.8 Å². The number of methoxy groups -OCH3 is 1. The minimum absolute atomic E-state index is 0.0394. The second-order valence-corrected chi connectivity index (χ2v) is 16.5. The summed E-state index contributed by atoms with van der Waals surface area (Å²) in [6, 6.07) is 16.1. The number of nitrogens with zero attached hydrogens (tertiary/aromatic N) is 2. The molecule has 4 amide bonds. The molecule has 0 bridgehead atoms. The lowest BCUT2D eigenvalue weighted by Crippen LogP contribution is -2.37. The van der Waals surface area contributed by atoms with Crippen LogP contribution in [-0.2, 0) is 22.4 Å². The summed E-state index contributed by atoms with van der Waals surface area (Å²) in [7, 11) is 3.66. The van der Waals surface area contributed by atoms with E-state index in [4.69, 9.17) is 19.9 Å². The highest BCUT2D eigenvalue weighted by atomic mass is 19.1. The van der Waals surface area contributed by atoms with Gasteiger partial charge in [0, 0.05) is 35.3 Å². The Morgan fingerprint density at radius 3 is 2.52 bits per heavy atom. The van der Waals surface area contributed by atoms with E-state index in [2.05, 4.69) is 51.5 Å². The summed E-state index contributed by atoms with van der Waals surface area (Å²) >= 11 is 0. The monoisotopic (exact) mass is 831 g/mol. The molecule has 4 aromatic rings. The van der Waals surface area contributed by atoms with Crippen LogP contribution in [0, 0.1) is 29.6 Å². The summed E-state index contributed by atoms with van der Waals surface area (Å²) < 4.78 is 32.0. The summed E-state index contributed by atoms with van der Waals surface area (Å²) in [5.74, 6) is 6.83. The minimum Gasteiger partial charge on any atom is -0.496 e. The number of primary amides is 1. The lowest BCUT2D eigenvalue weighted by atomic mass is 9.82. The predicted octanol–water partition coefficient (Wildman–Crippen LogP) is 6.69. The van der Waals surface area contributed by atoms with Crippen LogP contribution in [-0.4, -0.2) is 79.6 Å². The first-order valence-electron chi connectivity index (χ1n) is 21.3. The van der Waals surface area contributed by atoms with Crippen LogP contribution in [0.25, 0.3) is 10.8 Å². The number of nitrogens with one attached hydrogen (secondary N) is 2. The summed E-state index contributed by atoms with van der Waals surface area (Å²) in [6.07, 6.45) is 9.27. The number of ether oxygens (including phenoxy) is 3. The predicted molar refractivity (Wildman–Crippen MR) is 229 cm³/mol. The summed E-state index contributed by atoms with van der Waals surface area (Å²) in [5.41, 5.74) is 8.90. The van der Waals surface area contributed by atoms with E-state index in [1.807, 2.05) is 19.1 Å². The number of benzene rings is 3. The van der Waals surface area contributed by atoms with E-state index in [1.54, 1.807) is 36.5 Å². The van der Waals surface area contributed by atoms with Gasteiger partial charge in [-0.3, -0.25) is 24.5 Å². The number of carbonyl (C=O) groups is 4. The Labute approximate surface area is 356 Å². The molecule has 1 saturated heterocycles. The highest BCUT2D eigenvalue weighted by molar-refractivity contribution is 6.11. The van der Waals surface area contributed by atoms with Gasteiger partial charge in [-0.1, -0.05) is 49.5 Å². The van der Waals surface area contributed by atoms with Crippen molar-refractivity contribution in [3.05, 3.63) is 88.6 Å². The molecule has 0 unspecified atom stereocenters. The molecular weight excluding hydrogens is 778 g/mol. The fourth-order valence-corrected chi connectivity index (χ4v) is 8.82. The highest BCUT2D eigenvalue weighted by Gasteiger charge is 2.42. The molecule has 1 aliphatic carbocycles. The molecule has 61 heavy (non-hydrogen) atoms. The van der Waals surface area contributed by atoms with Crippen molar-refractivity contribution in [2.24, 2.45) is 23.5 Å². The van der Waals surface area contributed by atoms with E-state index in [0.29, 0.717) is 51.3 Å². The summed E-state index contributed by atoms with van der Waals surface area (Å²) in [5, 5.41) is 6.29. The maximum Gasteiger partial charge on any atom is 0.261 e. The summed E-state index contributed by atoms with van der Waals surface area (Å²) in [4.78, 5) is 55.6. The van der Waals surface area contributed by atoms with Gasteiger partial charge in [0.15, 0.2) is 6.17 Å². The van der Waals surface area contributed by atoms with Crippen LogP contribution in [0.1, 0.15) is 95.7 Å². The number of hydrogen-bond acceptors (Lipinski definition) is 9. The van der Waals surface area contributed by atoms with E-state index >= 15 is 0 Å². The Bertz CT molecular complexity index is 2330. The number of rotatable bonds is 16. The zero-order valence-corrected chi connectivity index (χ0v) is 35.1. The zero-order chi connectivity index (χ0) is 43.0. The lowest BCUT2D eigenvalue weighted by molar-refractivity contribution is -0.124. The van der Waals surface area contributed by atoms with Gasteiger partial charge in [0.05, 0.1) is 36.3 Å². The third-order valence-electron chi connectivity index (χ3n) is 12.2. The van der Waals surface area contributed by atoms with Gasteiger partial charge in [0.2, 0.25) is 11.8 Å². The van der Waals surface area contributed by atoms with Crippen LogP contribution >= 0.6 is 0 Å². The van der Waals surface area contributed by atoms with Gasteiger partial charge in [0.1, 0.15) is 23.9 Å². The van der Waals surface area contributed by atoms with Gasteiger partial charge in [-0.15, -0.1) is 0 Å². The molecule has 0 radical (unpaired) electrons. The minimum atomic E-state index is -1.57. The first-order valence-corrected chi connectivity index (χ1v) is 21.3. The molecule has 2 aliphatic heterocycles. The van der Waals surface area contributed by atoms with Crippen LogP contribution in [0.5, 0.6) is 23.1 Å². The van der Waals surface area contributed by atoms with E-state index < -0.39 is 35.9 Å². The fourth-order valence-electron chi connectivity index (χ4n) is 8.82. The van der Waals surface area contributed by atoms with Crippen molar-refractivity contribution in [1.29, 1.82) is 0 Å². The van der Waals surface area contributed by atoms with E-state index in [9.17, 15) is 23.6 Å². The van der Waals surface area contributed by atoms with E-state index in [0.717, 1.165) is 64.5 Å². The molecule has 7 rings (SSSR count). The fraction of sp³-hybridized carbons (Fsp3) is 0.438. The van der Waals surface area contributed by atoms with Crippen molar-refractivity contribution in [2.45, 2.75) is 83.3 Å². The third kappa shape index (κ3) is 10.3. The zero-order valence-electron chi connectivity index (χ0n) is 35.1. The van der Waals surface area contributed by atoms with Crippen molar-refractivity contribution in [3.8, 4) is 35.0 Å². The van der Waals surface area contributed by atoms with Crippen molar-refractivity contribution >= 4 is 34.4 Å². The SMILES string of the molecule is CC[C@@H]1[C@H](F)C(=O)N[C@@H]1COc1ncc(C#CC2CCC(CN(C)CCCCCc3ccc(Oc4cccc5c4C(=O)NC(=O)C5)cc3)CC2)c2cc(C(N)=O)c(OC)cc12. The lowest BCUT2D eigenvalue weighted by Gasteiger charge is -2.29. The summed E-state index contributed by atoms with van der Waals surface area (Å²) in [6.45, 7) is 4.00. The van der Waals surface area contributed by atoms with Crippen molar-refractivity contribution in [2.75, 3.05) is 33.9 Å². The molecule has 1 saturated carbocycles. The van der Waals surface area contributed by atoms with Crippen LogP contribution in [0.15, 0.2) is 60.8 Å². The van der Waals surface area contributed by atoms with Crippen molar-refractivity contribution in [3.63, 3.8) is 0 Å². The van der Waals surface area contributed by atoms with Gasteiger partial charge in [-0.05, 0) is 112 Å². The average molecular weight is 832 g/mol. The molecule has 2 fully saturated rings. The number of amides is 4. The number of aryl methyl sites for hydroxylation is 1. The van der Waals surface area contributed by atoms with Crippen LogP contribution < -0.4 is 30.6 Å². The van der Waals surface area contributed by atoms with Gasteiger partial charge < -0.3 is 30.2 Å². The number of imide groups is 1. The number of halogens is 1. The van der Waals surface area contributed by atoms with Gasteiger partial charge >= 0.3 is 0 Å². The Morgan fingerprint density at radius 1 is 1.00 bits per heavy atom. The number of alkyl halides is 1. The average Bonchev–Trinajstić information content (AvgIpc) is 3.53. The van der Waals surface area contributed by atoms with Crippen LogP contribution in [0.4, 0.5) is 4.39 Å². The molecule has 320 valence electrons. The molecule has 3 heterocycles. The second kappa shape index (κ2) is 19.6. The number of hydrogen-bond donors (Lipinski definition) is 3. The number of carbonyl (C=O) groups excluding carboxylic acids is 4. The van der Waals surface area contributed by atoms with Gasteiger partial charge in [-0.25, -0.2) is 9.37 Å². The van der Waals surface area contributed by atoms with Gasteiger partial charge in [-0.2, -0.15) is 0 Å². The quantitative estimate of drug-likeness (QED) is 0.0635. The molecule has 3 aliphatic rings. The Morgan fingerprint density at radius 2 is 1.79 bits per heavy atom. The molecular formula is C48H54FN5O7. The highest BCUT2D eigenvalue weighted by Crippen LogP contribution is 2.35. The Kier molecular flexibility index (Phi) is 13.8. The van der Waals surface area contributed by atoms with Gasteiger partial charge in [0.25, 0.3) is 17.7 Å². The molecule has 0 spiro atoms. The molecule has 1 aromatic heterocycles. The smallest absolute Gasteiger partial charge is 0.261 e. The number of aromatic nitrogens is 1. The van der Waals surface area contributed by atoms with Crippen LogP contribution in [0.2, 0.25) is 0 Å². The van der Waals surface area contributed by atoms with E-state index in [1.165, 1.54) is 12.7 Å². The standard InChI is InChI=1S/C48H54FN5O7/c1-4-35-39(52-47(58)44(35)49)28-60-48-37-25-41(59-3)38(45(50)56)24-36(37)33(26-51-48)19-16-30-12-14-31(15-13-30)27-54(2)22-7-5-6-9-29-17-20-34(21-18-29)61-40-11-8-10-32-23-42(55)53-46(57)43(32)40/h8,10-11,17-18,20-21,24-26,30-31,35,39,44H,4-7,9,12-15,22-23,27-28H2,1-3H3,(H2,50,56)(H,52,58)(H,53,55,57)/t30?,31?,35-,39+,44-/m0/s1. The van der Waals surface area contributed by atoms with E-state index in [-0.39, 0.29) is 42.0 Å². The number of nitrogens with two attached hydrogens (primary N) is 1. The largest absolute Gasteiger partial charge is 0.496 e. The molecule has 13 heteroatoms. The Hall–Kier alpha value is -6.00. The second-order valence-electron chi connectivity index (χ2n) is 16.5. The Balaban J connectivity index is 0.862. The molecule has 3 atom stereocenters. The molecule has 4 N–H and O–H groups in total. The van der Waals surface area contributed by atoms with Crippen molar-refractivity contribution in [1.82, 2.24) is 20.5 Å². The third-order valence-corrected chi connectivity index (χ3v) is 12.2. The first-order chi connectivity index (χ1) is 29.5. The maximum atomic E-state index is 14.4.